The zero-order chi connectivity index (χ0) is 23.0. The molecule has 34 heavy (non-hydrogen) atoms. The molecule has 3 atom stereocenters. The topological polar surface area (TPSA) is 158 Å². The fraction of sp³-hybridized carbons (Fsp3) is 0.150. The molecule has 1 saturated heterocycles. The molecule has 0 aliphatic carbocycles. The minimum absolute atomic E-state index is 0. The Morgan fingerprint density at radius 2 is 1.32 bits per heavy atom. The van der Waals surface area contributed by atoms with E-state index >= 15 is 0 Å². The molecule has 1 aliphatic heterocycles. The van der Waals surface area contributed by atoms with E-state index in [0.29, 0.717) is 5.56 Å². The number of pyridine rings is 1. The number of hydrogen-bond acceptors (Lipinski definition) is 8. The van der Waals surface area contributed by atoms with Gasteiger partial charge in [0.1, 0.15) is 0 Å². The van der Waals surface area contributed by atoms with Gasteiger partial charge in [-0.25, -0.2) is 10.9 Å². The molecule has 2 heterocycles. The zero-order valence-corrected chi connectivity index (χ0v) is 18.1. The van der Waals surface area contributed by atoms with Gasteiger partial charge >= 0.3 is 69.2 Å². The van der Waals surface area contributed by atoms with Crippen LogP contribution in [0.1, 0.15) is 22.9 Å². The van der Waals surface area contributed by atoms with Crippen molar-refractivity contribution in [3.05, 3.63) is 102 Å². The molecule has 1 aliphatic rings. The average molecular weight is 525 g/mol. The first-order chi connectivity index (χ1) is 15.1. The van der Waals surface area contributed by atoms with Crippen LogP contribution in [0.5, 0.6) is 0 Å². The molecule has 3 aromatic rings. The number of rotatable bonds is 5. The summed E-state index contributed by atoms with van der Waals surface area (Å²) in [5.41, 5.74) is 5.40. The molecule has 1 fully saturated rings. The monoisotopic (exact) mass is 524 g/mol. The summed E-state index contributed by atoms with van der Waals surface area (Å²) in [4.78, 5) is -1.07. The Balaban J connectivity index is 0.00000204. The molecule has 172 valence electrons. The number of benzene rings is 2. The number of nitrogens with zero attached hydrogens (tertiary/aromatic N) is 1. The van der Waals surface area contributed by atoms with E-state index in [4.69, 9.17) is 0 Å². The number of nitrogens with one attached hydrogen (secondary N) is 3. The third kappa shape index (κ3) is 5.06. The van der Waals surface area contributed by atoms with Crippen LogP contribution in [0.3, 0.4) is 0 Å². The normalized spacial score (nSPS) is 24.9. The van der Waals surface area contributed by atoms with E-state index < -0.39 is 36.1 Å². The van der Waals surface area contributed by atoms with Crippen LogP contribution in [0.4, 0.5) is 0 Å². The molecule has 2 aromatic carbocycles. The summed E-state index contributed by atoms with van der Waals surface area (Å²) < 4.78 is 72.3. The molecule has 0 bridgehead atoms. The van der Waals surface area contributed by atoms with E-state index in [-0.39, 0.29) is 70.4 Å². The summed E-state index contributed by atoms with van der Waals surface area (Å²) >= 11 is 0. The van der Waals surface area contributed by atoms with Gasteiger partial charge in [-0.2, -0.15) is 16.8 Å². The molecular weight excluding hydrogens is 502 g/mol. The molecule has 0 saturated carbocycles. The van der Waals surface area contributed by atoms with Crippen molar-refractivity contribution in [2.24, 2.45) is 0 Å². The SMILES string of the molecule is O=S(=O)(O)C1(c2ccccn2)NNC(c2ccccc2)C(c2ccccc2)(S(=O)(=O)O)N1.[NaH].[NaH]. The first-order valence-corrected chi connectivity index (χ1v) is 12.3. The van der Waals surface area contributed by atoms with Crippen molar-refractivity contribution < 1.29 is 25.9 Å². The van der Waals surface area contributed by atoms with Gasteiger partial charge in [-0.15, -0.1) is 0 Å². The van der Waals surface area contributed by atoms with Gasteiger partial charge in [-0.05, 0) is 23.3 Å². The number of hydrazine groups is 1. The van der Waals surface area contributed by atoms with E-state index in [1.807, 2.05) is 0 Å². The summed E-state index contributed by atoms with van der Waals surface area (Å²) in [6.45, 7) is 0. The summed E-state index contributed by atoms with van der Waals surface area (Å²) in [7, 11) is -10.2. The van der Waals surface area contributed by atoms with E-state index in [9.17, 15) is 25.9 Å². The summed E-state index contributed by atoms with van der Waals surface area (Å²) in [6, 6.07) is 18.9. The van der Waals surface area contributed by atoms with Gasteiger partial charge < -0.3 is 0 Å². The van der Waals surface area contributed by atoms with Crippen LogP contribution in [0.2, 0.25) is 0 Å². The molecule has 10 nitrogen and oxygen atoms in total. The summed E-state index contributed by atoms with van der Waals surface area (Å²) in [5.74, 6) is 0. The van der Waals surface area contributed by atoms with Crippen LogP contribution >= 0.6 is 0 Å². The van der Waals surface area contributed by atoms with Gasteiger partial charge in [0.15, 0.2) is 4.87 Å². The van der Waals surface area contributed by atoms with Crippen LogP contribution in [0, 0.1) is 0 Å². The quantitative estimate of drug-likeness (QED) is 0.227. The van der Waals surface area contributed by atoms with Crippen LogP contribution in [-0.2, 0) is 30.1 Å². The van der Waals surface area contributed by atoms with E-state index in [1.165, 1.54) is 36.5 Å². The second-order valence-electron chi connectivity index (χ2n) is 7.19. The van der Waals surface area contributed by atoms with Crippen LogP contribution < -0.4 is 16.2 Å². The van der Waals surface area contributed by atoms with Gasteiger partial charge in [-0.3, -0.25) is 19.4 Å². The molecule has 3 unspecified atom stereocenters. The van der Waals surface area contributed by atoms with E-state index in [1.54, 1.807) is 48.5 Å². The van der Waals surface area contributed by atoms with Crippen LogP contribution in [0.25, 0.3) is 0 Å². The summed E-state index contributed by atoms with van der Waals surface area (Å²) in [6.07, 6.45) is 1.28. The number of hydrogen-bond donors (Lipinski definition) is 5. The Morgan fingerprint density at radius 3 is 1.82 bits per heavy atom. The second kappa shape index (κ2) is 11.1. The summed E-state index contributed by atoms with van der Waals surface area (Å²) in [5, 5.41) is 2.53. The number of aromatic nitrogens is 1. The molecular formula is C20H22N4Na2O6S2. The van der Waals surface area contributed by atoms with Crippen molar-refractivity contribution >= 4 is 79.4 Å². The molecule has 4 rings (SSSR count). The van der Waals surface area contributed by atoms with Crippen molar-refractivity contribution in [1.82, 2.24) is 21.2 Å². The molecule has 0 amide bonds. The third-order valence-corrected chi connectivity index (χ3v) is 7.89. The van der Waals surface area contributed by atoms with E-state index in [0.717, 1.165) is 0 Å². The first-order valence-electron chi connectivity index (χ1n) is 9.40. The molecule has 0 spiro atoms. The van der Waals surface area contributed by atoms with Crippen molar-refractivity contribution in [2.45, 2.75) is 15.9 Å². The Labute approximate surface area is 242 Å². The minimum atomic E-state index is -5.11. The van der Waals surface area contributed by atoms with E-state index in [2.05, 4.69) is 21.2 Å². The van der Waals surface area contributed by atoms with Crippen molar-refractivity contribution in [3.8, 4) is 0 Å². The Kier molecular flexibility index (Phi) is 9.67. The molecule has 5 N–H and O–H groups in total. The Morgan fingerprint density at radius 1 is 0.765 bits per heavy atom. The Hall–Kier alpha value is -0.710. The predicted octanol–water partition coefficient (Wildman–Crippen LogP) is -0.0378. The standard InChI is InChI=1S/C20H20N4O6S2.2Na.2H/c25-31(26,27)19(16-11-5-2-6-12-16)18(15-9-3-1-4-10-15)22-24-20(23-19,32(28,29)30)17-13-7-8-14-21-17;;;;/h1-14,18,22-24H,(H,25,26,27)(H,28,29,30);;;;. The van der Waals surface area contributed by atoms with Crippen molar-refractivity contribution in [1.29, 1.82) is 0 Å². The van der Waals surface area contributed by atoms with Gasteiger partial charge in [0, 0.05) is 6.20 Å². The maximum absolute atomic E-state index is 13.1. The van der Waals surface area contributed by atoms with Gasteiger partial charge in [0.2, 0.25) is 0 Å². The predicted molar refractivity (Wildman–Crippen MR) is 130 cm³/mol. The average Bonchev–Trinajstić information content (AvgIpc) is 2.79. The van der Waals surface area contributed by atoms with Gasteiger partial charge in [-0.1, -0.05) is 66.7 Å². The maximum atomic E-state index is 13.1. The van der Waals surface area contributed by atoms with Crippen LogP contribution in [0.15, 0.2) is 85.1 Å². The second-order valence-corrected chi connectivity index (χ2v) is 10.3. The molecule has 14 heteroatoms. The third-order valence-electron chi connectivity index (χ3n) is 5.32. The zero-order valence-electron chi connectivity index (χ0n) is 16.5. The fourth-order valence-corrected chi connectivity index (χ4v) is 5.99. The van der Waals surface area contributed by atoms with Gasteiger partial charge in [0.25, 0.3) is 15.1 Å². The fourth-order valence-electron chi connectivity index (χ4n) is 3.85. The van der Waals surface area contributed by atoms with Crippen LogP contribution in [-0.4, -0.2) is 90.0 Å². The first kappa shape index (κ1) is 29.5. The Bertz CT molecular complexity index is 1320. The van der Waals surface area contributed by atoms with Crippen molar-refractivity contribution in [2.75, 3.05) is 0 Å². The molecule has 0 radical (unpaired) electrons. The van der Waals surface area contributed by atoms with Gasteiger partial charge in [0.05, 0.1) is 11.7 Å². The molecule has 1 aromatic heterocycles. The van der Waals surface area contributed by atoms with Crippen molar-refractivity contribution in [3.63, 3.8) is 0 Å².